The zero-order valence-electron chi connectivity index (χ0n) is 6.32. The SMILES string of the molecule is Cc1ccc(C(S)C=O)cc1. The summed E-state index contributed by atoms with van der Waals surface area (Å²) in [5.74, 6) is 0. The van der Waals surface area contributed by atoms with Crippen LogP contribution in [0.1, 0.15) is 16.4 Å². The molecule has 1 aromatic rings. The van der Waals surface area contributed by atoms with Crippen molar-refractivity contribution in [2.75, 3.05) is 0 Å². The Balaban J connectivity index is 2.89. The maximum atomic E-state index is 10.3. The predicted molar refractivity (Wildman–Crippen MR) is 49.0 cm³/mol. The van der Waals surface area contributed by atoms with Crippen molar-refractivity contribution in [2.24, 2.45) is 0 Å². The molecule has 2 heteroatoms. The maximum Gasteiger partial charge on any atom is 0.137 e. The van der Waals surface area contributed by atoms with Crippen LogP contribution < -0.4 is 0 Å². The highest BCUT2D eigenvalue weighted by Crippen LogP contribution is 2.16. The second kappa shape index (κ2) is 3.58. The van der Waals surface area contributed by atoms with Gasteiger partial charge in [-0.3, -0.25) is 0 Å². The molecule has 58 valence electrons. The van der Waals surface area contributed by atoms with Crippen molar-refractivity contribution in [3.05, 3.63) is 35.4 Å². The van der Waals surface area contributed by atoms with Gasteiger partial charge in [0.1, 0.15) is 6.29 Å². The minimum atomic E-state index is -0.282. The highest BCUT2D eigenvalue weighted by atomic mass is 32.1. The molecule has 0 amide bonds. The molecule has 1 aromatic carbocycles. The van der Waals surface area contributed by atoms with Gasteiger partial charge >= 0.3 is 0 Å². The number of hydrogen-bond acceptors (Lipinski definition) is 2. The first-order valence-corrected chi connectivity index (χ1v) is 3.95. The highest BCUT2D eigenvalue weighted by molar-refractivity contribution is 7.81. The third kappa shape index (κ3) is 2.09. The van der Waals surface area contributed by atoms with Gasteiger partial charge in [-0.25, -0.2) is 0 Å². The number of aldehydes is 1. The molecule has 0 fully saturated rings. The third-order valence-corrected chi connectivity index (χ3v) is 1.97. The minimum Gasteiger partial charge on any atom is -0.302 e. The second-order valence-electron chi connectivity index (χ2n) is 2.49. The van der Waals surface area contributed by atoms with Crippen molar-refractivity contribution >= 4 is 18.9 Å². The molecule has 0 heterocycles. The van der Waals surface area contributed by atoms with E-state index < -0.39 is 0 Å². The van der Waals surface area contributed by atoms with Gasteiger partial charge in [-0.05, 0) is 12.5 Å². The van der Waals surface area contributed by atoms with Crippen molar-refractivity contribution in [1.82, 2.24) is 0 Å². The Morgan fingerprint density at radius 3 is 2.36 bits per heavy atom. The fraction of sp³-hybridized carbons (Fsp3) is 0.222. The molecule has 0 spiro atoms. The first-order valence-electron chi connectivity index (χ1n) is 3.44. The van der Waals surface area contributed by atoms with Gasteiger partial charge in [0.25, 0.3) is 0 Å². The Labute approximate surface area is 71.8 Å². The lowest BCUT2D eigenvalue weighted by molar-refractivity contribution is -0.107. The minimum absolute atomic E-state index is 0.282. The first-order chi connectivity index (χ1) is 5.24. The molecule has 1 unspecified atom stereocenters. The molecule has 1 rings (SSSR count). The van der Waals surface area contributed by atoms with E-state index in [0.717, 1.165) is 11.8 Å². The number of hydrogen-bond donors (Lipinski definition) is 1. The van der Waals surface area contributed by atoms with E-state index in [4.69, 9.17) is 0 Å². The fourth-order valence-corrected chi connectivity index (χ4v) is 1.01. The van der Waals surface area contributed by atoms with E-state index in [2.05, 4.69) is 12.6 Å². The molecule has 0 saturated carbocycles. The van der Waals surface area contributed by atoms with Crippen LogP contribution in [-0.4, -0.2) is 6.29 Å². The Morgan fingerprint density at radius 1 is 1.36 bits per heavy atom. The predicted octanol–water partition coefficient (Wildman–Crippen LogP) is 2.16. The molecule has 1 nitrogen and oxygen atoms in total. The maximum absolute atomic E-state index is 10.3. The molecule has 0 aromatic heterocycles. The molecule has 1 atom stereocenters. The van der Waals surface area contributed by atoms with Crippen LogP contribution in [-0.2, 0) is 4.79 Å². The van der Waals surface area contributed by atoms with E-state index in [1.807, 2.05) is 31.2 Å². The molecule has 0 bridgehead atoms. The monoisotopic (exact) mass is 166 g/mol. The molecule has 11 heavy (non-hydrogen) atoms. The topological polar surface area (TPSA) is 17.1 Å². The van der Waals surface area contributed by atoms with E-state index >= 15 is 0 Å². The average Bonchev–Trinajstić information content (AvgIpc) is 2.05. The van der Waals surface area contributed by atoms with E-state index in [0.29, 0.717) is 0 Å². The van der Waals surface area contributed by atoms with Gasteiger partial charge in [-0.2, -0.15) is 12.6 Å². The van der Waals surface area contributed by atoms with Crippen LogP contribution in [0.2, 0.25) is 0 Å². The molecule has 0 radical (unpaired) electrons. The summed E-state index contributed by atoms with van der Waals surface area (Å²) in [4.78, 5) is 10.3. The van der Waals surface area contributed by atoms with E-state index in [1.54, 1.807) is 0 Å². The lowest BCUT2D eigenvalue weighted by atomic mass is 10.1. The first kappa shape index (κ1) is 8.34. The van der Waals surface area contributed by atoms with Crippen LogP contribution in [0, 0.1) is 6.92 Å². The Hall–Kier alpha value is -0.760. The smallest absolute Gasteiger partial charge is 0.137 e. The summed E-state index contributed by atoms with van der Waals surface area (Å²) in [7, 11) is 0. The summed E-state index contributed by atoms with van der Waals surface area (Å²) >= 11 is 4.09. The average molecular weight is 166 g/mol. The van der Waals surface area contributed by atoms with Crippen molar-refractivity contribution in [3.63, 3.8) is 0 Å². The number of carbonyl (C=O) groups is 1. The Morgan fingerprint density at radius 2 is 1.91 bits per heavy atom. The highest BCUT2D eigenvalue weighted by Gasteiger charge is 2.01. The largest absolute Gasteiger partial charge is 0.302 e. The summed E-state index contributed by atoms with van der Waals surface area (Å²) < 4.78 is 0. The van der Waals surface area contributed by atoms with Crippen LogP contribution in [0.5, 0.6) is 0 Å². The van der Waals surface area contributed by atoms with Gasteiger partial charge in [-0.15, -0.1) is 0 Å². The number of benzene rings is 1. The Kier molecular flexibility index (Phi) is 2.71. The van der Waals surface area contributed by atoms with Crippen molar-refractivity contribution in [3.8, 4) is 0 Å². The van der Waals surface area contributed by atoms with Crippen LogP contribution in [0.4, 0.5) is 0 Å². The van der Waals surface area contributed by atoms with E-state index in [1.165, 1.54) is 5.56 Å². The van der Waals surface area contributed by atoms with Crippen LogP contribution in [0.15, 0.2) is 24.3 Å². The third-order valence-electron chi connectivity index (χ3n) is 1.55. The lowest BCUT2D eigenvalue weighted by Crippen LogP contribution is -1.90. The molecule has 0 N–H and O–H groups in total. The summed E-state index contributed by atoms with van der Waals surface area (Å²) in [5, 5.41) is -0.282. The van der Waals surface area contributed by atoms with E-state index in [-0.39, 0.29) is 5.25 Å². The van der Waals surface area contributed by atoms with Gasteiger partial charge in [0.15, 0.2) is 0 Å². The lowest BCUT2D eigenvalue weighted by Gasteiger charge is -2.02. The molecule has 0 saturated heterocycles. The molecule has 0 aliphatic heterocycles. The van der Waals surface area contributed by atoms with Crippen LogP contribution >= 0.6 is 12.6 Å². The molecular weight excluding hydrogens is 156 g/mol. The van der Waals surface area contributed by atoms with Gasteiger partial charge in [0.2, 0.25) is 0 Å². The van der Waals surface area contributed by atoms with Crippen LogP contribution in [0.25, 0.3) is 0 Å². The number of thiol groups is 1. The van der Waals surface area contributed by atoms with Crippen molar-refractivity contribution < 1.29 is 4.79 Å². The van der Waals surface area contributed by atoms with Gasteiger partial charge in [-0.1, -0.05) is 29.8 Å². The normalized spacial score (nSPS) is 12.5. The molecule has 0 aliphatic rings. The quantitative estimate of drug-likeness (QED) is 0.526. The molecule has 0 aliphatic carbocycles. The molecular formula is C9H10OS. The van der Waals surface area contributed by atoms with E-state index in [9.17, 15) is 4.79 Å². The fourth-order valence-electron chi connectivity index (χ4n) is 0.842. The zero-order chi connectivity index (χ0) is 8.27. The van der Waals surface area contributed by atoms with Crippen molar-refractivity contribution in [2.45, 2.75) is 12.2 Å². The summed E-state index contributed by atoms with van der Waals surface area (Å²) in [6.45, 7) is 2.01. The number of rotatable bonds is 2. The Bertz CT molecular complexity index is 240. The van der Waals surface area contributed by atoms with Gasteiger partial charge in [0, 0.05) is 0 Å². The van der Waals surface area contributed by atoms with Gasteiger partial charge < -0.3 is 4.79 Å². The summed E-state index contributed by atoms with van der Waals surface area (Å²) in [6, 6.07) is 7.78. The summed E-state index contributed by atoms with van der Waals surface area (Å²) in [5.41, 5.74) is 2.15. The number of aryl methyl sites for hydroxylation is 1. The number of carbonyl (C=O) groups excluding carboxylic acids is 1. The summed E-state index contributed by atoms with van der Waals surface area (Å²) in [6.07, 6.45) is 0.827. The zero-order valence-corrected chi connectivity index (χ0v) is 7.21. The van der Waals surface area contributed by atoms with Crippen molar-refractivity contribution in [1.29, 1.82) is 0 Å². The van der Waals surface area contributed by atoms with Crippen LogP contribution in [0.3, 0.4) is 0 Å². The van der Waals surface area contributed by atoms with Gasteiger partial charge in [0.05, 0.1) is 5.25 Å². The standard InChI is InChI=1S/C9H10OS/c1-7-2-4-8(5-3-7)9(11)6-10/h2-6,9,11H,1H3. The second-order valence-corrected chi connectivity index (χ2v) is 3.05.